The average Bonchev–Trinajstić information content (AvgIpc) is 2.97. The van der Waals surface area contributed by atoms with Gasteiger partial charge in [-0.25, -0.2) is 4.85 Å². The van der Waals surface area contributed by atoms with E-state index >= 15 is 0 Å². The fraction of sp³-hybridized carbons (Fsp3) is 0.278. The van der Waals surface area contributed by atoms with Crippen molar-refractivity contribution >= 4 is 10.9 Å². The van der Waals surface area contributed by atoms with Crippen LogP contribution < -0.4 is 10.1 Å². The van der Waals surface area contributed by atoms with Crippen molar-refractivity contribution in [1.29, 1.82) is 5.26 Å². The summed E-state index contributed by atoms with van der Waals surface area (Å²) in [7, 11) is 0. The monoisotopic (exact) mass is 319 g/mol. The van der Waals surface area contributed by atoms with Crippen LogP contribution in [0.3, 0.4) is 0 Å². The van der Waals surface area contributed by atoms with Gasteiger partial charge < -0.3 is 10.1 Å². The molecule has 0 amide bonds. The van der Waals surface area contributed by atoms with Crippen LogP contribution in [0, 0.1) is 17.9 Å². The quantitative estimate of drug-likeness (QED) is 0.847. The molecule has 0 fully saturated rings. The summed E-state index contributed by atoms with van der Waals surface area (Å²) in [4.78, 5) is 3.67. The highest BCUT2D eigenvalue weighted by atomic mass is 16.5. The summed E-state index contributed by atoms with van der Waals surface area (Å²) in [6.07, 6.45) is 0. The Labute approximate surface area is 140 Å². The highest BCUT2D eigenvalue weighted by molar-refractivity contribution is 5.85. The van der Waals surface area contributed by atoms with Crippen LogP contribution in [0.2, 0.25) is 0 Å². The second-order valence-corrected chi connectivity index (χ2v) is 5.60. The molecule has 1 aliphatic heterocycles. The SMILES string of the molecule is [C-]#[N+]C1=C(C)NC(C)=C(C#N)C1c1ccc2[nH]nc(OCC)c2c1. The molecule has 120 valence electrons. The van der Waals surface area contributed by atoms with Gasteiger partial charge in [-0.05, 0) is 38.5 Å². The molecule has 0 saturated heterocycles. The van der Waals surface area contributed by atoms with Crippen LogP contribution >= 0.6 is 0 Å². The Balaban J connectivity index is 2.20. The van der Waals surface area contributed by atoms with Crippen LogP contribution in [0.5, 0.6) is 5.88 Å². The molecule has 1 atom stereocenters. The molecule has 2 N–H and O–H groups in total. The first-order chi connectivity index (χ1) is 11.6. The number of allylic oxidation sites excluding steroid dienone is 3. The summed E-state index contributed by atoms with van der Waals surface area (Å²) >= 11 is 0. The molecule has 0 spiro atoms. The van der Waals surface area contributed by atoms with Crippen LogP contribution in [0.1, 0.15) is 32.3 Å². The topological polar surface area (TPSA) is 78.1 Å². The average molecular weight is 319 g/mol. The van der Waals surface area contributed by atoms with Gasteiger partial charge in [-0.2, -0.15) is 5.26 Å². The number of H-pyrrole nitrogens is 1. The number of hydrogen-bond donors (Lipinski definition) is 2. The van der Waals surface area contributed by atoms with Crippen molar-refractivity contribution in [2.24, 2.45) is 0 Å². The Morgan fingerprint density at radius 3 is 2.83 bits per heavy atom. The van der Waals surface area contributed by atoms with E-state index in [9.17, 15) is 5.26 Å². The van der Waals surface area contributed by atoms with Crippen molar-refractivity contribution in [1.82, 2.24) is 15.5 Å². The van der Waals surface area contributed by atoms with E-state index in [1.165, 1.54) is 0 Å². The van der Waals surface area contributed by atoms with E-state index in [0.29, 0.717) is 23.8 Å². The predicted octanol–water partition coefficient (Wildman–Crippen LogP) is 3.60. The third-order valence-electron chi connectivity index (χ3n) is 4.13. The van der Waals surface area contributed by atoms with Gasteiger partial charge in [0.2, 0.25) is 5.88 Å². The number of nitrogens with zero attached hydrogens (tertiary/aromatic N) is 3. The Morgan fingerprint density at radius 1 is 1.38 bits per heavy atom. The summed E-state index contributed by atoms with van der Waals surface area (Å²) in [6.45, 7) is 13.7. The fourth-order valence-electron chi connectivity index (χ4n) is 3.04. The van der Waals surface area contributed by atoms with E-state index in [1.54, 1.807) is 0 Å². The number of hydrogen-bond acceptors (Lipinski definition) is 4. The van der Waals surface area contributed by atoms with Crippen LogP contribution in [0.25, 0.3) is 15.7 Å². The third-order valence-corrected chi connectivity index (χ3v) is 4.13. The predicted molar refractivity (Wildman–Crippen MR) is 90.8 cm³/mol. The molecule has 1 unspecified atom stereocenters. The lowest BCUT2D eigenvalue weighted by atomic mass is 9.84. The number of benzene rings is 1. The number of aromatic nitrogens is 2. The molecule has 1 aromatic heterocycles. The van der Waals surface area contributed by atoms with E-state index in [4.69, 9.17) is 11.3 Å². The number of nitrogens with one attached hydrogen (secondary N) is 2. The molecule has 3 rings (SSSR count). The van der Waals surface area contributed by atoms with Crippen molar-refractivity contribution in [2.45, 2.75) is 26.7 Å². The summed E-state index contributed by atoms with van der Waals surface area (Å²) in [5, 5.41) is 20.7. The molecule has 1 aromatic carbocycles. The van der Waals surface area contributed by atoms with Gasteiger partial charge in [0.05, 0.1) is 41.6 Å². The molecule has 0 saturated carbocycles. The smallest absolute Gasteiger partial charge is 0.240 e. The van der Waals surface area contributed by atoms with Gasteiger partial charge in [-0.15, -0.1) is 5.10 Å². The van der Waals surface area contributed by atoms with Crippen molar-refractivity contribution in [3.05, 3.63) is 57.8 Å². The van der Waals surface area contributed by atoms with Gasteiger partial charge in [0.15, 0.2) is 5.70 Å². The lowest BCUT2D eigenvalue weighted by Gasteiger charge is -2.26. The minimum Gasteiger partial charge on any atom is -0.476 e. The van der Waals surface area contributed by atoms with Gasteiger partial charge in [0.25, 0.3) is 0 Å². The Hall–Kier alpha value is -3.25. The summed E-state index contributed by atoms with van der Waals surface area (Å²) in [5.41, 5.74) is 4.41. The first-order valence-corrected chi connectivity index (χ1v) is 7.67. The first-order valence-electron chi connectivity index (χ1n) is 7.67. The minimum absolute atomic E-state index is 0.373. The Bertz CT molecular complexity index is 916. The number of rotatable bonds is 3. The zero-order valence-corrected chi connectivity index (χ0v) is 13.8. The highest BCUT2D eigenvalue weighted by Gasteiger charge is 2.30. The maximum absolute atomic E-state index is 9.59. The molecule has 6 nitrogen and oxygen atoms in total. The number of nitriles is 1. The molecule has 0 radical (unpaired) electrons. The molecular formula is C18H17N5O. The second-order valence-electron chi connectivity index (χ2n) is 5.60. The standard InChI is InChI=1S/C18H17N5O/c1-5-24-18-13-8-12(6-7-15(13)22-23-18)16-14(9-19)10(2)21-11(3)17(16)20-4/h6-8,16,21H,5H2,1-3H3,(H,22,23). The lowest BCUT2D eigenvalue weighted by Crippen LogP contribution is -2.22. The molecular weight excluding hydrogens is 302 g/mol. The summed E-state index contributed by atoms with van der Waals surface area (Å²) in [6, 6.07) is 8.03. The van der Waals surface area contributed by atoms with Gasteiger partial charge in [0.1, 0.15) is 0 Å². The van der Waals surface area contributed by atoms with Crippen molar-refractivity contribution in [3.63, 3.8) is 0 Å². The largest absolute Gasteiger partial charge is 0.476 e. The number of dihydropyridines is 1. The van der Waals surface area contributed by atoms with Crippen LogP contribution in [-0.4, -0.2) is 16.8 Å². The van der Waals surface area contributed by atoms with Gasteiger partial charge in [-0.1, -0.05) is 6.07 Å². The molecule has 2 heterocycles. The maximum Gasteiger partial charge on any atom is 0.240 e. The summed E-state index contributed by atoms with van der Waals surface area (Å²) in [5.74, 6) is 0.162. The molecule has 24 heavy (non-hydrogen) atoms. The fourth-order valence-corrected chi connectivity index (χ4v) is 3.04. The highest BCUT2D eigenvalue weighted by Crippen LogP contribution is 2.39. The van der Waals surface area contributed by atoms with Crippen LogP contribution in [0.15, 0.2) is 40.9 Å². The van der Waals surface area contributed by atoms with Gasteiger partial charge in [-0.3, -0.25) is 5.10 Å². The maximum atomic E-state index is 9.59. The van der Waals surface area contributed by atoms with E-state index in [1.807, 2.05) is 39.0 Å². The Morgan fingerprint density at radius 2 is 2.17 bits per heavy atom. The zero-order valence-electron chi connectivity index (χ0n) is 13.8. The Kier molecular flexibility index (Phi) is 3.97. The molecule has 0 aliphatic carbocycles. The van der Waals surface area contributed by atoms with E-state index in [-0.39, 0.29) is 5.92 Å². The lowest BCUT2D eigenvalue weighted by molar-refractivity contribution is 0.330. The van der Waals surface area contributed by atoms with Crippen molar-refractivity contribution in [2.75, 3.05) is 6.61 Å². The molecule has 2 aromatic rings. The van der Waals surface area contributed by atoms with Gasteiger partial charge >= 0.3 is 0 Å². The van der Waals surface area contributed by atoms with E-state index < -0.39 is 0 Å². The normalized spacial score (nSPS) is 17.5. The molecule has 1 aliphatic rings. The number of fused-ring (bicyclic) bond motifs is 1. The van der Waals surface area contributed by atoms with Crippen LogP contribution in [-0.2, 0) is 0 Å². The van der Waals surface area contributed by atoms with E-state index in [2.05, 4.69) is 26.4 Å². The van der Waals surface area contributed by atoms with E-state index in [0.717, 1.165) is 27.9 Å². The third kappa shape index (κ3) is 2.39. The van der Waals surface area contributed by atoms with Crippen molar-refractivity contribution in [3.8, 4) is 11.9 Å². The number of ether oxygens (including phenoxy) is 1. The molecule has 0 bridgehead atoms. The second kappa shape index (κ2) is 6.10. The molecule has 6 heteroatoms. The summed E-state index contributed by atoms with van der Waals surface area (Å²) < 4.78 is 5.55. The van der Waals surface area contributed by atoms with Gasteiger partial charge in [0, 0.05) is 11.4 Å². The number of aromatic amines is 1. The van der Waals surface area contributed by atoms with Crippen molar-refractivity contribution < 1.29 is 4.74 Å². The first kappa shape index (κ1) is 15.6. The zero-order chi connectivity index (χ0) is 17.3. The van der Waals surface area contributed by atoms with Crippen LogP contribution in [0.4, 0.5) is 0 Å². The minimum atomic E-state index is -0.373.